The smallest absolute Gasteiger partial charge is 0.124 e. The average molecular weight is 377 g/mol. The molecule has 1 nitrogen and oxygen atoms in total. The van der Waals surface area contributed by atoms with E-state index < -0.39 is 0 Å². The van der Waals surface area contributed by atoms with Gasteiger partial charge in [0.25, 0.3) is 0 Å². The molecule has 0 amide bonds. The zero-order chi connectivity index (χ0) is 14.9. The Bertz CT molecular complexity index is 646. The van der Waals surface area contributed by atoms with Crippen LogP contribution in [0.15, 0.2) is 34.8 Å². The fourth-order valence-corrected chi connectivity index (χ4v) is 2.99. The van der Waals surface area contributed by atoms with Gasteiger partial charge in [-0.1, -0.05) is 29.3 Å². The van der Waals surface area contributed by atoms with Crippen LogP contribution in [0.1, 0.15) is 24.1 Å². The molecule has 2 aromatic rings. The second-order valence-corrected chi connectivity index (χ2v) is 6.28. The molecule has 0 bridgehead atoms. The molecule has 20 heavy (non-hydrogen) atoms. The van der Waals surface area contributed by atoms with Crippen LogP contribution in [0.3, 0.4) is 0 Å². The van der Waals surface area contributed by atoms with Crippen molar-refractivity contribution in [3.05, 3.63) is 61.8 Å². The lowest BCUT2D eigenvalue weighted by molar-refractivity contribution is 0.626. The molecule has 0 spiro atoms. The van der Waals surface area contributed by atoms with Gasteiger partial charge in [-0.05, 0) is 65.2 Å². The summed E-state index contributed by atoms with van der Waals surface area (Å²) in [5.41, 5.74) is 2.70. The first kappa shape index (κ1) is 15.6. The van der Waals surface area contributed by atoms with Crippen molar-refractivity contribution in [2.75, 3.05) is 5.32 Å². The van der Waals surface area contributed by atoms with Crippen LogP contribution in [-0.2, 0) is 0 Å². The summed E-state index contributed by atoms with van der Waals surface area (Å²) in [5, 5.41) is 4.41. The summed E-state index contributed by atoms with van der Waals surface area (Å²) in [7, 11) is 0. The van der Waals surface area contributed by atoms with E-state index in [9.17, 15) is 4.39 Å². The Labute approximate surface area is 136 Å². The Morgan fingerprint density at radius 1 is 1.15 bits per heavy atom. The van der Waals surface area contributed by atoms with Crippen LogP contribution in [0.25, 0.3) is 0 Å². The van der Waals surface area contributed by atoms with Gasteiger partial charge in [-0.3, -0.25) is 0 Å². The topological polar surface area (TPSA) is 12.0 Å². The highest BCUT2D eigenvalue weighted by atomic mass is 79.9. The molecule has 0 aliphatic carbocycles. The summed E-state index contributed by atoms with van der Waals surface area (Å²) in [6, 6.07) is 8.12. The highest BCUT2D eigenvalue weighted by Gasteiger charge is 2.12. The molecule has 0 aromatic heterocycles. The standard InChI is InChI=1S/C15H13BrCl2FN/c1-8-5-12(16)15(7-13(8)17)20-9(2)11-4-3-10(19)6-14(11)18/h3-7,9,20H,1-2H3. The van der Waals surface area contributed by atoms with E-state index in [1.54, 1.807) is 6.07 Å². The van der Waals surface area contributed by atoms with Crippen LogP contribution in [0.2, 0.25) is 10.0 Å². The summed E-state index contributed by atoms with van der Waals surface area (Å²) in [4.78, 5) is 0. The number of benzene rings is 2. The Balaban J connectivity index is 2.27. The van der Waals surface area contributed by atoms with Crippen LogP contribution in [0, 0.1) is 12.7 Å². The van der Waals surface area contributed by atoms with Crippen LogP contribution >= 0.6 is 39.1 Å². The van der Waals surface area contributed by atoms with E-state index in [1.807, 2.05) is 26.0 Å². The van der Waals surface area contributed by atoms with Crippen LogP contribution < -0.4 is 5.32 Å². The maximum Gasteiger partial charge on any atom is 0.124 e. The normalized spacial score (nSPS) is 12.3. The third-order valence-electron chi connectivity index (χ3n) is 3.05. The number of rotatable bonds is 3. The summed E-state index contributed by atoms with van der Waals surface area (Å²) < 4.78 is 14.0. The van der Waals surface area contributed by atoms with Crippen molar-refractivity contribution in [2.24, 2.45) is 0 Å². The lowest BCUT2D eigenvalue weighted by Gasteiger charge is -2.19. The molecule has 0 saturated heterocycles. The van der Waals surface area contributed by atoms with Gasteiger partial charge in [-0.2, -0.15) is 0 Å². The SMILES string of the molecule is Cc1cc(Br)c(NC(C)c2ccc(F)cc2Cl)cc1Cl. The van der Waals surface area contributed by atoms with Gasteiger partial charge >= 0.3 is 0 Å². The minimum absolute atomic E-state index is 0.0711. The molecule has 0 radical (unpaired) electrons. The maximum absolute atomic E-state index is 13.1. The molecule has 2 rings (SSSR count). The highest BCUT2D eigenvalue weighted by Crippen LogP contribution is 2.33. The number of hydrogen-bond donors (Lipinski definition) is 1. The minimum atomic E-state index is -0.342. The van der Waals surface area contributed by atoms with Crippen LogP contribution in [-0.4, -0.2) is 0 Å². The summed E-state index contributed by atoms with van der Waals surface area (Å²) in [6.07, 6.45) is 0. The summed E-state index contributed by atoms with van der Waals surface area (Å²) in [5.74, 6) is -0.342. The van der Waals surface area contributed by atoms with Crippen molar-refractivity contribution < 1.29 is 4.39 Å². The first-order chi connectivity index (χ1) is 9.38. The zero-order valence-electron chi connectivity index (χ0n) is 11.0. The molecular weight excluding hydrogens is 364 g/mol. The van der Waals surface area contributed by atoms with Crippen molar-refractivity contribution in [3.8, 4) is 0 Å². The van der Waals surface area contributed by atoms with Gasteiger partial charge in [0, 0.05) is 14.5 Å². The number of hydrogen-bond acceptors (Lipinski definition) is 1. The van der Waals surface area contributed by atoms with Gasteiger partial charge < -0.3 is 5.32 Å². The quantitative estimate of drug-likeness (QED) is 0.655. The van der Waals surface area contributed by atoms with Crippen molar-refractivity contribution in [3.63, 3.8) is 0 Å². The van der Waals surface area contributed by atoms with Crippen molar-refractivity contribution in [1.29, 1.82) is 0 Å². The Hall–Kier alpha value is -0.770. The number of nitrogens with one attached hydrogen (secondary N) is 1. The first-order valence-corrected chi connectivity index (χ1v) is 7.60. The van der Waals surface area contributed by atoms with E-state index in [4.69, 9.17) is 23.2 Å². The Morgan fingerprint density at radius 2 is 1.85 bits per heavy atom. The van der Waals surface area contributed by atoms with Gasteiger partial charge in [0.15, 0.2) is 0 Å². The summed E-state index contributed by atoms with van der Waals surface area (Å²) >= 11 is 15.7. The number of halogens is 4. The Kier molecular flexibility index (Phi) is 4.95. The molecule has 0 saturated carbocycles. The van der Waals surface area contributed by atoms with E-state index in [-0.39, 0.29) is 11.9 Å². The monoisotopic (exact) mass is 375 g/mol. The molecular formula is C15H13BrCl2FN. The van der Waals surface area contributed by atoms with Crippen molar-refractivity contribution in [1.82, 2.24) is 0 Å². The second-order valence-electron chi connectivity index (χ2n) is 4.61. The molecule has 0 aliphatic rings. The largest absolute Gasteiger partial charge is 0.378 e. The van der Waals surface area contributed by atoms with Crippen molar-refractivity contribution in [2.45, 2.75) is 19.9 Å². The van der Waals surface area contributed by atoms with E-state index >= 15 is 0 Å². The molecule has 1 atom stereocenters. The molecule has 5 heteroatoms. The number of anilines is 1. The average Bonchev–Trinajstić information content (AvgIpc) is 2.35. The maximum atomic E-state index is 13.1. The van der Waals surface area contributed by atoms with Crippen LogP contribution in [0.4, 0.5) is 10.1 Å². The van der Waals surface area contributed by atoms with Crippen LogP contribution in [0.5, 0.6) is 0 Å². The van der Waals surface area contributed by atoms with Gasteiger partial charge in [0.2, 0.25) is 0 Å². The predicted molar refractivity (Wildman–Crippen MR) is 87.3 cm³/mol. The molecule has 2 aromatic carbocycles. The lowest BCUT2D eigenvalue weighted by Crippen LogP contribution is -2.08. The van der Waals surface area contributed by atoms with E-state index in [0.29, 0.717) is 10.0 Å². The van der Waals surface area contributed by atoms with Gasteiger partial charge in [-0.25, -0.2) is 4.39 Å². The van der Waals surface area contributed by atoms with E-state index in [1.165, 1.54) is 12.1 Å². The molecule has 0 heterocycles. The minimum Gasteiger partial charge on any atom is -0.378 e. The molecule has 0 fully saturated rings. The first-order valence-electron chi connectivity index (χ1n) is 6.05. The van der Waals surface area contributed by atoms with Gasteiger partial charge in [0.1, 0.15) is 5.82 Å². The Morgan fingerprint density at radius 3 is 2.50 bits per heavy atom. The molecule has 1 N–H and O–H groups in total. The van der Waals surface area contributed by atoms with E-state index in [2.05, 4.69) is 21.2 Å². The number of aryl methyl sites for hydroxylation is 1. The van der Waals surface area contributed by atoms with Gasteiger partial charge in [0.05, 0.1) is 11.7 Å². The highest BCUT2D eigenvalue weighted by molar-refractivity contribution is 9.10. The second kappa shape index (κ2) is 6.33. The summed E-state index contributed by atoms with van der Waals surface area (Å²) in [6.45, 7) is 3.90. The fourth-order valence-electron chi connectivity index (χ4n) is 1.92. The fraction of sp³-hybridized carbons (Fsp3) is 0.200. The van der Waals surface area contributed by atoms with E-state index in [0.717, 1.165) is 21.3 Å². The molecule has 0 aliphatic heterocycles. The third-order valence-corrected chi connectivity index (χ3v) is 4.44. The molecule has 1 unspecified atom stereocenters. The zero-order valence-corrected chi connectivity index (χ0v) is 14.1. The predicted octanol–water partition coefficient (Wildman–Crippen LogP) is 6.38. The van der Waals surface area contributed by atoms with Gasteiger partial charge in [-0.15, -0.1) is 0 Å². The van der Waals surface area contributed by atoms with Crippen molar-refractivity contribution >= 4 is 44.8 Å². The third kappa shape index (κ3) is 3.46. The lowest BCUT2D eigenvalue weighted by atomic mass is 10.1. The molecule has 106 valence electrons.